The molecule has 0 saturated carbocycles. The molecule has 196 valence electrons. The van der Waals surface area contributed by atoms with Gasteiger partial charge in [-0.3, -0.25) is 14.5 Å². The van der Waals surface area contributed by atoms with Crippen LogP contribution in [-0.4, -0.2) is 19.5 Å². The number of aryl methyl sites for hydroxylation is 2. The van der Waals surface area contributed by atoms with E-state index < -0.39 is 0 Å². The van der Waals surface area contributed by atoms with Crippen molar-refractivity contribution in [2.24, 2.45) is 0 Å². The minimum atomic E-state index is 0.922. The molecular weight excluding hydrogens is 500 g/mol. The molecule has 7 aromatic rings. The molecule has 41 heavy (non-hydrogen) atoms. The second-order valence-corrected chi connectivity index (χ2v) is 10.3. The monoisotopic (exact) mass is 528 g/mol. The molecule has 3 heterocycles. The molecule has 0 bridgehead atoms. The maximum absolute atomic E-state index is 5.25. The van der Waals surface area contributed by atoms with Crippen LogP contribution in [0.3, 0.4) is 0 Å². The molecule has 4 nitrogen and oxygen atoms in total. The predicted octanol–water partition coefficient (Wildman–Crippen LogP) is 9.10. The van der Waals surface area contributed by atoms with Crippen LogP contribution < -0.4 is 0 Å². The lowest BCUT2D eigenvalue weighted by molar-refractivity contribution is 1.09. The fourth-order valence-electron chi connectivity index (χ4n) is 5.65. The number of imidazole rings is 1. The average Bonchev–Trinajstić information content (AvgIpc) is 3.40. The van der Waals surface area contributed by atoms with Gasteiger partial charge in [-0.2, -0.15) is 0 Å². The van der Waals surface area contributed by atoms with Gasteiger partial charge >= 0.3 is 0 Å². The zero-order valence-corrected chi connectivity index (χ0v) is 23.0. The Morgan fingerprint density at radius 1 is 0.512 bits per heavy atom. The molecule has 0 N–H and O–H groups in total. The van der Waals surface area contributed by atoms with Crippen molar-refractivity contribution in [1.82, 2.24) is 19.5 Å². The van der Waals surface area contributed by atoms with Crippen LogP contribution in [0.25, 0.3) is 61.8 Å². The van der Waals surface area contributed by atoms with Crippen LogP contribution in [0.2, 0.25) is 0 Å². The first-order chi connectivity index (χ1) is 20.2. The molecule has 7 rings (SSSR count). The van der Waals surface area contributed by atoms with Crippen LogP contribution in [0, 0.1) is 13.8 Å². The third-order valence-corrected chi connectivity index (χ3v) is 7.54. The Hall–Kier alpha value is -5.35. The lowest BCUT2D eigenvalue weighted by Crippen LogP contribution is -2.01. The number of benzene rings is 4. The number of nitrogens with zero attached hydrogens (tertiary/aromatic N) is 4. The van der Waals surface area contributed by atoms with Crippen LogP contribution in [0.15, 0.2) is 134 Å². The first-order valence-electron chi connectivity index (χ1n) is 13.8. The molecule has 0 radical (unpaired) electrons. The van der Waals surface area contributed by atoms with Crippen LogP contribution in [0.1, 0.15) is 11.1 Å². The first kappa shape index (κ1) is 24.7. The van der Waals surface area contributed by atoms with Crippen molar-refractivity contribution in [3.05, 3.63) is 145 Å². The third-order valence-electron chi connectivity index (χ3n) is 7.54. The van der Waals surface area contributed by atoms with Gasteiger partial charge in [-0.05, 0) is 84.6 Å². The summed E-state index contributed by atoms with van der Waals surface area (Å²) >= 11 is 0. The van der Waals surface area contributed by atoms with Crippen molar-refractivity contribution in [3.8, 4) is 50.7 Å². The maximum atomic E-state index is 5.25. The van der Waals surface area contributed by atoms with Gasteiger partial charge in [-0.15, -0.1) is 0 Å². The SMILES string of the molecule is Cc1cc(-c2ccccc2)cc(C)c1-c1nc2ccc(-c3ccccn3)cc2n1-c1cccc(-c2ccccn2)c1. The summed E-state index contributed by atoms with van der Waals surface area (Å²) in [4.78, 5) is 14.5. The number of pyridine rings is 2. The second kappa shape index (κ2) is 10.3. The molecule has 0 aliphatic rings. The van der Waals surface area contributed by atoms with E-state index in [0.717, 1.165) is 50.6 Å². The summed E-state index contributed by atoms with van der Waals surface area (Å²) in [7, 11) is 0. The number of aromatic nitrogens is 4. The van der Waals surface area contributed by atoms with E-state index in [2.05, 4.69) is 113 Å². The van der Waals surface area contributed by atoms with Crippen LogP contribution in [0.4, 0.5) is 0 Å². The molecule has 0 atom stereocenters. The molecular formula is C37H28N4. The average molecular weight is 529 g/mol. The molecule has 0 unspecified atom stereocenters. The maximum Gasteiger partial charge on any atom is 0.146 e. The largest absolute Gasteiger partial charge is 0.292 e. The minimum absolute atomic E-state index is 0.922. The van der Waals surface area contributed by atoms with Gasteiger partial charge in [0.25, 0.3) is 0 Å². The van der Waals surface area contributed by atoms with E-state index in [9.17, 15) is 0 Å². The molecule has 3 aromatic heterocycles. The van der Waals surface area contributed by atoms with Crippen LogP contribution in [-0.2, 0) is 0 Å². The van der Waals surface area contributed by atoms with Crippen molar-refractivity contribution in [1.29, 1.82) is 0 Å². The van der Waals surface area contributed by atoms with Gasteiger partial charge < -0.3 is 0 Å². The molecule has 0 aliphatic heterocycles. The highest BCUT2D eigenvalue weighted by molar-refractivity contribution is 5.89. The Balaban J connectivity index is 1.47. The van der Waals surface area contributed by atoms with Crippen molar-refractivity contribution in [2.45, 2.75) is 13.8 Å². The summed E-state index contributed by atoms with van der Waals surface area (Å²) in [5.74, 6) is 0.922. The molecule has 4 aromatic carbocycles. The molecule has 0 fully saturated rings. The summed E-state index contributed by atoms with van der Waals surface area (Å²) in [6.07, 6.45) is 3.67. The van der Waals surface area contributed by atoms with Crippen molar-refractivity contribution in [3.63, 3.8) is 0 Å². The quantitative estimate of drug-likeness (QED) is 0.224. The Kier molecular flexibility index (Phi) is 6.21. The highest BCUT2D eigenvalue weighted by atomic mass is 15.1. The first-order valence-corrected chi connectivity index (χ1v) is 13.8. The fourth-order valence-corrected chi connectivity index (χ4v) is 5.65. The topological polar surface area (TPSA) is 43.6 Å². The molecule has 0 amide bonds. The summed E-state index contributed by atoms with van der Waals surface area (Å²) in [5.41, 5.74) is 12.9. The highest BCUT2D eigenvalue weighted by Gasteiger charge is 2.20. The highest BCUT2D eigenvalue weighted by Crippen LogP contribution is 2.37. The zero-order valence-electron chi connectivity index (χ0n) is 23.0. The Bertz CT molecular complexity index is 1970. The number of rotatable bonds is 5. The smallest absolute Gasteiger partial charge is 0.146 e. The molecule has 0 aliphatic carbocycles. The summed E-state index contributed by atoms with van der Waals surface area (Å²) < 4.78 is 2.28. The lowest BCUT2D eigenvalue weighted by Gasteiger charge is -2.16. The van der Waals surface area contributed by atoms with Crippen molar-refractivity contribution in [2.75, 3.05) is 0 Å². The van der Waals surface area contributed by atoms with Gasteiger partial charge in [0, 0.05) is 34.8 Å². The van der Waals surface area contributed by atoms with Crippen LogP contribution >= 0.6 is 0 Å². The van der Waals surface area contributed by atoms with E-state index in [-0.39, 0.29) is 0 Å². The van der Waals surface area contributed by atoms with Crippen LogP contribution in [0.5, 0.6) is 0 Å². The van der Waals surface area contributed by atoms with E-state index in [1.165, 1.54) is 22.3 Å². The van der Waals surface area contributed by atoms with E-state index in [1.54, 1.807) is 0 Å². The van der Waals surface area contributed by atoms with E-state index in [1.807, 2.05) is 48.8 Å². The zero-order chi connectivity index (χ0) is 27.8. The van der Waals surface area contributed by atoms with Crippen molar-refractivity contribution < 1.29 is 0 Å². The summed E-state index contributed by atoms with van der Waals surface area (Å²) in [6, 6.07) is 42.0. The van der Waals surface area contributed by atoms with Gasteiger partial charge in [0.05, 0.1) is 22.4 Å². The number of hydrogen-bond acceptors (Lipinski definition) is 3. The lowest BCUT2D eigenvalue weighted by atomic mass is 9.95. The van der Waals surface area contributed by atoms with Crippen molar-refractivity contribution >= 4 is 11.0 Å². The van der Waals surface area contributed by atoms with Gasteiger partial charge in [-0.1, -0.05) is 72.8 Å². The Morgan fingerprint density at radius 3 is 1.80 bits per heavy atom. The van der Waals surface area contributed by atoms with Gasteiger partial charge in [0.2, 0.25) is 0 Å². The number of fused-ring (bicyclic) bond motifs is 1. The Morgan fingerprint density at radius 2 is 1.15 bits per heavy atom. The molecule has 0 spiro atoms. The van der Waals surface area contributed by atoms with E-state index in [4.69, 9.17) is 4.98 Å². The molecule has 0 saturated heterocycles. The Labute approximate surface area is 239 Å². The summed E-state index contributed by atoms with van der Waals surface area (Å²) in [5, 5.41) is 0. The van der Waals surface area contributed by atoms with Gasteiger partial charge in [0.1, 0.15) is 5.82 Å². The van der Waals surface area contributed by atoms with E-state index >= 15 is 0 Å². The fraction of sp³-hybridized carbons (Fsp3) is 0.0541. The second-order valence-electron chi connectivity index (χ2n) is 10.3. The number of hydrogen-bond donors (Lipinski definition) is 0. The standard InChI is InChI=1S/C37H28N4/c1-25-21-30(27-11-4-3-5-12-27)22-26(2)36(25)37-40-34-18-17-29(33-16-7-9-20-39-33)24-35(34)41(37)31-14-10-13-28(23-31)32-15-6-8-19-38-32/h3-24H,1-2H3. The normalized spacial score (nSPS) is 11.2. The van der Waals surface area contributed by atoms with E-state index in [0.29, 0.717) is 0 Å². The molecule has 4 heteroatoms. The van der Waals surface area contributed by atoms with Gasteiger partial charge in [0.15, 0.2) is 0 Å². The summed E-state index contributed by atoms with van der Waals surface area (Å²) in [6.45, 7) is 4.37. The van der Waals surface area contributed by atoms with Gasteiger partial charge in [-0.25, -0.2) is 4.98 Å². The minimum Gasteiger partial charge on any atom is -0.292 e. The third kappa shape index (κ3) is 4.60. The predicted molar refractivity (Wildman–Crippen MR) is 168 cm³/mol.